The molecule has 6 rings (SSSR count). The molecular formula is C42H56Cl2N8O9S. The van der Waals surface area contributed by atoms with Gasteiger partial charge in [0.05, 0.1) is 70.0 Å². The number of hydrogen-bond donors (Lipinski definition) is 5. The van der Waals surface area contributed by atoms with E-state index in [4.69, 9.17) is 46.9 Å². The quantitative estimate of drug-likeness (QED) is 0.0573. The molecule has 0 radical (unpaired) electrons. The highest BCUT2D eigenvalue weighted by atomic mass is 35.5. The molecule has 3 aromatic rings. The van der Waals surface area contributed by atoms with Gasteiger partial charge in [-0.15, -0.1) is 5.10 Å². The number of aromatic nitrogens is 3. The SMILES string of the molecule is O=C(CCCC[C@H]1SCC2NC(=O)NC21)NCCOCCOCCOCCn1cc(C2(NC(=O)COc3ccc(Cl)cc3)CCC(NC(=O)COc3ccc(Cl)cc3)CC2)nn1. The predicted molar refractivity (Wildman–Crippen MR) is 234 cm³/mol. The number of urea groups is 1. The first-order valence-electron chi connectivity index (χ1n) is 21.1. The standard InChI is InChI=1S/C42H56Cl2N8O9S/c43-29-5-9-32(10-6-29)60-26-38(54)46-31-13-15-42(16-14-31,49-39(55)27-61-33-11-7-30(44)8-12-33)36-25-52(51-50-36)18-20-58-22-24-59-23-21-57-19-17-45-37(53)4-2-1-3-35-40-34(28-62-35)47-41(56)48-40/h5-12,25,31,34-35,40H,1-4,13-24,26-28H2,(H,45,53)(H,46,54)(H,49,55)(H2,47,48,56)/t31?,34?,35-,40?,42?/m1/s1. The van der Waals surface area contributed by atoms with E-state index < -0.39 is 5.54 Å². The third-order valence-electron chi connectivity index (χ3n) is 10.8. The van der Waals surface area contributed by atoms with Gasteiger partial charge in [0.15, 0.2) is 13.2 Å². The molecule has 3 atom stereocenters. The van der Waals surface area contributed by atoms with Crippen molar-refractivity contribution in [3.8, 4) is 11.5 Å². The summed E-state index contributed by atoms with van der Waals surface area (Å²) in [7, 11) is 0. The van der Waals surface area contributed by atoms with Crippen LogP contribution in [0, 0.1) is 0 Å². The highest BCUT2D eigenvalue weighted by Gasteiger charge is 2.43. The van der Waals surface area contributed by atoms with E-state index in [1.54, 1.807) is 53.2 Å². The maximum Gasteiger partial charge on any atom is 0.315 e. The average molecular weight is 920 g/mol. The minimum atomic E-state index is -0.823. The number of rotatable bonds is 26. The van der Waals surface area contributed by atoms with E-state index in [9.17, 15) is 19.2 Å². The second-order valence-corrected chi connectivity index (χ2v) is 17.5. The molecule has 1 saturated carbocycles. The smallest absolute Gasteiger partial charge is 0.315 e. The monoisotopic (exact) mass is 918 g/mol. The summed E-state index contributed by atoms with van der Waals surface area (Å²) < 4.78 is 30.0. The Kier molecular flexibility index (Phi) is 18.6. The van der Waals surface area contributed by atoms with Crippen LogP contribution in [0.5, 0.6) is 11.5 Å². The number of ether oxygens (including phenoxy) is 5. The van der Waals surface area contributed by atoms with E-state index in [2.05, 4.69) is 36.9 Å². The zero-order valence-corrected chi connectivity index (χ0v) is 36.9. The summed E-state index contributed by atoms with van der Waals surface area (Å²) in [6.07, 6.45) is 7.25. The summed E-state index contributed by atoms with van der Waals surface area (Å²) >= 11 is 13.8. The van der Waals surface area contributed by atoms with Crippen molar-refractivity contribution < 1.29 is 42.9 Å². The van der Waals surface area contributed by atoms with Crippen LogP contribution in [0.4, 0.5) is 4.79 Å². The fourth-order valence-corrected chi connectivity index (χ4v) is 9.38. The number of carbonyl (C=O) groups excluding carboxylic acids is 4. The molecule has 3 aliphatic rings. The second kappa shape index (κ2) is 24.5. The molecule has 2 unspecified atom stereocenters. The highest BCUT2D eigenvalue weighted by Crippen LogP contribution is 2.37. The van der Waals surface area contributed by atoms with Crippen molar-refractivity contribution in [1.29, 1.82) is 0 Å². The molecule has 3 fully saturated rings. The molecule has 5 amide bonds. The van der Waals surface area contributed by atoms with Crippen LogP contribution in [-0.2, 0) is 40.7 Å². The number of amides is 5. The molecular weight excluding hydrogens is 863 g/mol. The van der Waals surface area contributed by atoms with Gasteiger partial charge in [0, 0.05) is 40.1 Å². The van der Waals surface area contributed by atoms with E-state index in [-0.39, 0.29) is 55.1 Å². The summed E-state index contributed by atoms with van der Waals surface area (Å²) in [6.45, 7) is 2.91. The first-order chi connectivity index (χ1) is 30.1. The van der Waals surface area contributed by atoms with Gasteiger partial charge in [-0.1, -0.05) is 34.8 Å². The Balaban J connectivity index is 0.832. The fraction of sp³-hybridized carbons (Fsp3) is 0.571. The maximum absolute atomic E-state index is 13.3. The van der Waals surface area contributed by atoms with Crippen molar-refractivity contribution in [1.82, 2.24) is 41.6 Å². The number of nitrogens with zero attached hydrogens (tertiary/aromatic N) is 3. The van der Waals surface area contributed by atoms with Crippen LogP contribution in [0.2, 0.25) is 10.0 Å². The van der Waals surface area contributed by atoms with Crippen molar-refractivity contribution in [2.75, 3.05) is 65.2 Å². The van der Waals surface area contributed by atoms with Crippen LogP contribution in [0.25, 0.3) is 0 Å². The Morgan fingerprint density at radius 1 is 0.806 bits per heavy atom. The van der Waals surface area contributed by atoms with Crippen molar-refractivity contribution in [3.05, 3.63) is 70.5 Å². The maximum atomic E-state index is 13.3. The minimum Gasteiger partial charge on any atom is -0.484 e. The minimum absolute atomic E-state index is 0.0164. The molecule has 2 saturated heterocycles. The van der Waals surface area contributed by atoms with Crippen molar-refractivity contribution in [3.63, 3.8) is 0 Å². The van der Waals surface area contributed by atoms with Gasteiger partial charge in [0.25, 0.3) is 11.8 Å². The summed E-state index contributed by atoms with van der Waals surface area (Å²) in [4.78, 5) is 49.7. The molecule has 3 heterocycles. The van der Waals surface area contributed by atoms with E-state index in [1.165, 1.54) is 0 Å². The zero-order chi connectivity index (χ0) is 43.6. The summed E-state index contributed by atoms with van der Waals surface area (Å²) in [6, 6.07) is 13.8. The largest absolute Gasteiger partial charge is 0.484 e. The number of thioether (sulfide) groups is 1. The van der Waals surface area contributed by atoms with Gasteiger partial charge in [-0.25, -0.2) is 9.48 Å². The first-order valence-corrected chi connectivity index (χ1v) is 22.9. The molecule has 17 nitrogen and oxygen atoms in total. The van der Waals surface area contributed by atoms with Gasteiger partial charge in [0.2, 0.25) is 5.91 Å². The third kappa shape index (κ3) is 15.2. The lowest BCUT2D eigenvalue weighted by Crippen LogP contribution is -2.52. The van der Waals surface area contributed by atoms with Crippen LogP contribution in [0.15, 0.2) is 54.7 Å². The first kappa shape index (κ1) is 47.2. The Bertz CT molecular complexity index is 1890. The molecule has 62 heavy (non-hydrogen) atoms. The van der Waals surface area contributed by atoms with Gasteiger partial charge in [-0.2, -0.15) is 11.8 Å². The van der Waals surface area contributed by atoms with Gasteiger partial charge in [-0.05, 0) is 87.1 Å². The average Bonchev–Trinajstić information content (AvgIpc) is 4.00. The Morgan fingerprint density at radius 3 is 2.11 bits per heavy atom. The number of halogens is 2. The van der Waals surface area contributed by atoms with Crippen molar-refractivity contribution >= 4 is 58.7 Å². The molecule has 2 aliphatic heterocycles. The fourth-order valence-electron chi connectivity index (χ4n) is 7.58. The summed E-state index contributed by atoms with van der Waals surface area (Å²) in [5.41, 5.74) is -0.209. The zero-order valence-electron chi connectivity index (χ0n) is 34.6. The topological polar surface area (TPSA) is 205 Å². The third-order valence-corrected chi connectivity index (χ3v) is 12.8. The van der Waals surface area contributed by atoms with Crippen molar-refractivity contribution in [2.45, 2.75) is 86.8 Å². The van der Waals surface area contributed by atoms with Crippen LogP contribution in [-0.4, -0.2) is 127 Å². The molecule has 2 aromatic carbocycles. The van der Waals surface area contributed by atoms with Gasteiger partial charge in [-0.3, -0.25) is 14.4 Å². The van der Waals surface area contributed by atoms with Gasteiger partial charge in [0.1, 0.15) is 17.2 Å². The summed E-state index contributed by atoms with van der Waals surface area (Å²) in [5, 5.41) is 25.4. The van der Waals surface area contributed by atoms with E-state index >= 15 is 0 Å². The van der Waals surface area contributed by atoms with Crippen LogP contribution in [0.1, 0.15) is 57.1 Å². The number of unbranched alkanes of at least 4 members (excludes halogenated alkanes) is 1. The molecule has 1 aromatic heterocycles. The number of fused-ring (bicyclic) bond motifs is 1. The Morgan fingerprint density at radius 2 is 1.44 bits per heavy atom. The molecule has 0 bridgehead atoms. The highest BCUT2D eigenvalue weighted by molar-refractivity contribution is 8.00. The lowest BCUT2D eigenvalue weighted by molar-refractivity contribution is -0.127. The van der Waals surface area contributed by atoms with E-state index in [1.807, 2.05) is 18.0 Å². The van der Waals surface area contributed by atoms with Gasteiger partial charge < -0.3 is 50.3 Å². The normalized spacial score (nSPS) is 21.7. The molecule has 338 valence electrons. The van der Waals surface area contributed by atoms with Crippen LogP contribution in [0.3, 0.4) is 0 Å². The molecule has 1 aliphatic carbocycles. The van der Waals surface area contributed by atoms with Crippen LogP contribution >= 0.6 is 35.0 Å². The second-order valence-electron chi connectivity index (χ2n) is 15.4. The molecule has 0 spiro atoms. The summed E-state index contributed by atoms with van der Waals surface area (Å²) in [5.74, 6) is 1.47. The van der Waals surface area contributed by atoms with Gasteiger partial charge >= 0.3 is 6.03 Å². The number of benzene rings is 2. The number of hydrogen-bond acceptors (Lipinski definition) is 12. The lowest BCUT2D eigenvalue weighted by Gasteiger charge is -2.39. The van der Waals surface area contributed by atoms with Crippen molar-refractivity contribution in [2.24, 2.45) is 0 Å². The Hall–Kier alpha value is -4.33. The predicted octanol–water partition coefficient (Wildman–Crippen LogP) is 4.01. The van der Waals surface area contributed by atoms with E-state index in [0.717, 1.165) is 25.0 Å². The molecule has 20 heteroatoms. The van der Waals surface area contributed by atoms with Crippen LogP contribution < -0.4 is 36.1 Å². The lowest BCUT2D eigenvalue weighted by atomic mass is 9.77. The number of nitrogens with one attached hydrogen (secondary N) is 5. The Labute approximate surface area is 375 Å². The van der Waals surface area contributed by atoms with E-state index in [0.29, 0.717) is 117 Å². The number of carbonyl (C=O) groups is 4. The molecule has 5 N–H and O–H groups in total.